The molecule has 0 bridgehead atoms. The third kappa shape index (κ3) is 4.95. The van der Waals surface area contributed by atoms with E-state index in [4.69, 9.17) is 0 Å². The fraction of sp³-hybridized carbons (Fsp3) is 0.533. The highest BCUT2D eigenvalue weighted by Gasteiger charge is 2.33. The zero-order valence-electron chi connectivity index (χ0n) is 12.6. The lowest BCUT2D eigenvalue weighted by molar-refractivity contribution is -0.137. The van der Waals surface area contributed by atoms with Gasteiger partial charge in [0.05, 0.1) is 5.56 Å². The van der Waals surface area contributed by atoms with Crippen LogP contribution in [0.5, 0.6) is 0 Å². The second-order valence-electron chi connectivity index (χ2n) is 5.90. The summed E-state index contributed by atoms with van der Waals surface area (Å²) in [7, 11) is -3.41. The maximum atomic E-state index is 12.6. The lowest BCUT2D eigenvalue weighted by Crippen LogP contribution is -2.39. The molecule has 2 atom stereocenters. The molecule has 1 N–H and O–H groups in total. The van der Waals surface area contributed by atoms with Crippen molar-refractivity contribution in [2.45, 2.75) is 37.4 Å². The normalized spacial score (nSPS) is 22.1. The molecule has 1 aromatic carbocycles. The van der Waals surface area contributed by atoms with Crippen LogP contribution in [0.4, 0.5) is 13.2 Å². The standard InChI is InChI=1S/C15H18F3NO3S/c1-23(21,22)9-14(20)19-13-4-2-3-12(13)10-5-7-11(8-6-10)15(16,17)18/h5-8,12-13H,2-4,9H2,1H3,(H,19,20)/t12-,13-/m0/s1. The van der Waals surface area contributed by atoms with E-state index in [1.807, 2.05) is 0 Å². The minimum absolute atomic E-state index is 0.0965. The maximum Gasteiger partial charge on any atom is 0.416 e. The Balaban J connectivity index is 2.08. The van der Waals surface area contributed by atoms with Crippen LogP contribution in [0.3, 0.4) is 0 Å². The number of hydrogen-bond donors (Lipinski definition) is 1. The zero-order chi connectivity index (χ0) is 17.3. The Morgan fingerprint density at radius 3 is 2.35 bits per heavy atom. The number of alkyl halides is 3. The van der Waals surface area contributed by atoms with Gasteiger partial charge >= 0.3 is 6.18 Å². The summed E-state index contributed by atoms with van der Waals surface area (Å²) in [6.45, 7) is 0. The molecule has 0 saturated heterocycles. The van der Waals surface area contributed by atoms with Gasteiger partial charge in [-0.3, -0.25) is 4.79 Å². The third-order valence-corrected chi connectivity index (χ3v) is 4.71. The number of amides is 1. The predicted molar refractivity (Wildman–Crippen MR) is 79.7 cm³/mol. The molecule has 0 unspecified atom stereocenters. The Morgan fingerprint density at radius 2 is 1.83 bits per heavy atom. The molecule has 0 aromatic heterocycles. The van der Waals surface area contributed by atoms with Gasteiger partial charge in [0, 0.05) is 18.2 Å². The molecule has 2 rings (SSSR count). The van der Waals surface area contributed by atoms with Gasteiger partial charge in [0.1, 0.15) is 5.75 Å². The zero-order valence-corrected chi connectivity index (χ0v) is 13.4. The minimum Gasteiger partial charge on any atom is -0.352 e. The Morgan fingerprint density at radius 1 is 1.22 bits per heavy atom. The van der Waals surface area contributed by atoms with E-state index in [1.54, 1.807) is 0 Å². The summed E-state index contributed by atoms with van der Waals surface area (Å²) in [5.74, 6) is -1.25. The lowest BCUT2D eigenvalue weighted by atomic mass is 9.93. The number of carbonyl (C=O) groups is 1. The van der Waals surface area contributed by atoms with Crippen molar-refractivity contribution in [1.29, 1.82) is 0 Å². The summed E-state index contributed by atoms with van der Waals surface area (Å²) >= 11 is 0. The number of halogens is 3. The molecule has 0 aliphatic heterocycles. The van der Waals surface area contributed by atoms with Gasteiger partial charge in [0.2, 0.25) is 5.91 Å². The van der Waals surface area contributed by atoms with Crippen molar-refractivity contribution in [2.24, 2.45) is 0 Å². The van der Waals surface area contributed by atoms with Crippen molar-refractivity contribution in [3.05, 3.63) is 35.4 Å². The average molecular weight is 349 g/mol. The highest BCUT2D eigenvalue weighted by molar-refractivity contribution is 7.91. The molecule has 0 radical (unpaired) electrons. The third-order valence-electron chi connectivity index (χ3n) is 3.92. The summed E-state index contributed by atoms with van der Waals surface area (Å²) in [5, 5.41) is 2.69. The first-order valence-electron chi connectivity index (χ1n) is 7.20. The summed E-state index contributed by atoms with van der Waals surface area (Å²) in [5.41, 5.74) is 0.0112. The van der Waals surface area contributed by atoms with E-state index in [2.05, 4.69) is 5.32 Å². The van der Waals surface area contributed by atoms with Crippen LogP contribution in [-0.4, -0.2) is 32.4 Å². The van der Waals surface area contributed by atoms with Crippen LogP contribution in [0.2, 0.25) is 0 Å². The number of sulfone groups is 1. The molecular formula is C15H18F3NO3S. The van der Waals surface area contributed by atoms with Crippen molar-refractivity contribution >= 4 is 15.7 Å². The van der Waals surface area contributed by atoms with E-state index in [9.17, 15) is 26.4 Å². The molecule has 23 heavy (non-hydrogen) atoms. The number of hydrogen-bond acceptors (Lipinski definition) is 3. The van der Waals surface area contributed by atoms with Crippen LogP contribution in [0.1, 0.15) is 36.3 Å². The fourth-order valence-electron chi connectivity index (χ4n) is 2.94. The molecule has 1 saturated carbocycles. The van der Waals surface area contributed by atoms with E-state index >= 15 is 0 Å². The molecule has 8 heteroatoms. The van der Waals surface area contributed by atoms with E-state index < -0.39 is 33.2 Å². The van der Waals surface area contributed by atoms with Crippen molar-refractivity contribution < 1.29 is 26.4 Å². The van der Waals surface area contributed by atoms with Gasteiger partial charge in [0.15, 0.2) is 9.84 Å². The van der Waals surface area contributed by atoms with Gasteiger partial charge in [0.25, 0.3) is 0 Å². The quantitative estimate of drug-likeness (QED) is 0.908. The monoisotopic (exact) mass is 349 g/mol. The second-order valence-corrected chi connectivity index (χ2v) is 8.04. The first-order chi connectivity index (χ1) is 10.6. The van der Waals surface area contributed by atoms with E-state index in [0.717, 1.165) is 36.8 Å². The van der Waals surface area contributed by atoms with Crippen molar-refractivity contribution in [3.63, 3.8) is 0 Å². The summed E-state index contributed by atoms with van der Waals surface area (Å²) in [4.78, 5) is 11.7. The average Bonchev–Trinajstić information content (AvgIpc) is 2.83. The highest BCUT2D eigenvalue weighted by atomic mass is 32.2. The molecular weight excluding hydrogens is 331 g/mol. The van der Waals surface area contributed by atoms with E-state index in [1.165, 1.54) is 12.1 Å². The van der Waals surface area contributed by atoms with Crippen molar-refractivity contribution in [1.82, 2.24) is 5.32 Å². The number of nitrogens with one attached hydrogen (secondary N) is 1. The molecule has 1 fully saturated rings. The first-order valence-corrected chi connectivity index (χ1v) is 9.26. The van der Waals surface area contributed by atoms with Crippen molar-refractivity contribution in [3.8, 4) is 0 Å². The predicted octanol–water partition coefficient (Wildman–Crippen LogP) is 2.50. The van der Waals surface area contributed by atoms with E-state index in [0.29, 0.717) is 6.42 Å². The summed E-state index contributed by atoms with van der Waals surface area (Å²) in [6.07, 6.45) is -1.14. The number of benzene rings is 1. The minimum atomic E-state index is -4.38. The summed E-state index contributed by atoms with van der Waals surface area (Å²) < 4.78 is 60.0. The largest absolute Gasteiger partial charge is 0.416 e. The SMILES string of the molecule is CS(=O)(=O)CC(=O)N[C@H]1CCC[C@H]1c1ccc(C(F)(F)F)cc1. The fourth-order valence-corrected chi connectivity index (χ4v) is 3.50. The topological polar surface area (TPSA) is 63.2 Å². The lowest BCUT2D eigenvalue weighted by Gasteiger charge is -2.21. The van der Waals surface area contributed by atoms with Gasteiger partial charge in [-0.1, -0.05) is 18.6 Å². The van der Waals surface area contributed by atoms with Crippen LogP contribution in [0, 0.1) is 0 Å². The Kier molecular flexibility index (Phi) is 5.03. The molecule has 1 aliphatic rings. The molecule has 128 valence electrons. The molecule has 1 aromatic rings. The van der Waals surface area contributed by atoms with Gasteiger partial charge in [-0.05, 0) is 30.5 Å². The molecule has 4 nitrogen and oxygen atoms in total. The van der Waals surface area contributed by atoms with Crippen LogP contribution >= 0.6 is 0 Å². The van der Waals surface area contributed by atoms with Gasteiger partial charge in [-0.15, -0.1) is 0 Å². The van der Waals surface area contributed by atoms with Gasteiger partial charge in [-0.25, -0.2) is 8.42 Å². The molecule has 1 amide bonds. The Labute approximate surface area is 133 Å². The van der Waals surface area contributed by atoms with Gasteiger partial charge < -0.3 is 5.32 Å². The Bertz CT molecular complexity index is 668. The smallest absolute Gasteiger partial charge is 0.352 e. The number of carbonyl (C=O) groups excluding carboxylic acids is 1. The van der Waals surface area contributed by atoms with Crippen LogP contribution in [0.15, 0.2) is 24.3 Å². The first kappa shape index (κ1) is 17.8. The molecule has 0 spiro atoms. The highest BCUT2D eigenvalue weighted by Crippen LogP contribution is 2.36. The number of rotatable bonds is 4. The van der Waals surface area contributed by atoms with Crippen LogP contribution in [-0.2, 0) is 20.8 Å². The Hall–Kier alpha value is -1.57. The summed E-state index contributed by atoms with van der Waals surface area (Å²) in [6, 6.07) is 4.66. The van der Waals surface area contributed by atoms with E-state index in [-0.39, 0.29) is 12.0 Å². The maximum absolute atomic E-state index is 12.6. The van der Waals surface area contributed by atoms with Crippen molar-refractivity contribution in [2.75, 3.05) is 12.0 Å². The molecule has 0 heterocycles. The van der Waals surface area contributed by atoms with Gasteiger partial charge in [-0.2, -0.15) is 13.2 Å². The second kappa shape index (κ2) is 6.51. The molecule has 1 aliphatic carbocycles. The van der Waals surface area contributed by atoms with Crippen LogP contribution in [0.25, 0.3) is 0 Å². The van der Waals surface area contributed by atoms with Crippen LogP contribution < -0.4 is 5.32 Å².